The first-order valence-corrected chi connectivity index (χ1v) is 7.97. The summed E-state index contributed by atoms with van der Waals surface area (Å²) < 4.78 is 0. The molecule has 4 heteroatoms. The highest BCUT2D eigenvalue weighted by atomic mass is 32.2. The largest absolute Gasteiger partial charge is 0.298 e. The molecule has 0 radical (unpaired) electrons. The number of Topliss-reactive ketones (excluding diaryl/α,β-unsaturated/α-hetero) is 2. The lowest BCUT2D eigenvalue weighted by Gasteiger charge is -2.05. The molecule has 0 N–H and O–H groups in total. The van der Waals surface area contributed by atoms with E-state index in [-0.39, 0.29) is 11.8 Å². The summed E-state index contributed by atoms with van der Waals surface area (Å²) in [6, 6.07) is 0. The van der Waals surface area contributed by atoms with Crippen LogP contribution in [0.25, 0.3) is 0 Å². The average molecular weight is 262 g/mol. The van der Waals surface area contributed by atoms with Gasteiger partial charge in [-0.3, -0.25) is 9.59 Å². The van der Waals surface area contributed by atoms with Crippen molar-refractivity contribution >= 4 is 35.1 Å². The predicted octanol–water partition coefficient (Wildman–Crippen LogP) is 2.90. The quantitative estimate of drug-likeness (QED) is 0.598. The lowest BCUT2D eigenvalue weighted by Crippen LogP contribution is -2.11. The van der Waals surface area contributed by atoms with Crippen LogP contribution in [0, 0.1) is 11.8 Å². The molecule has 0 aliphatic carbocycles. The van der Waals surface area contributed by atoms with Gasteiger partial charge in [0.05, 0.1) is 11.5 Å². The first-order chi connectivity index (χ1) is 7.45. The van der Waals surface area contributed by atoms with Crippen LogP contribution >= 0.6 is 23.5 Å². The highest BCUT2D eigenvalue weighted by molar-refractivity contribution is 8.03. The summed E-state index contributed by atoms with van der Waals surface area (Å²) >= 11 is 3.34. The third-order valence-corrected chi connectivity index (χ3v) is 4.37. The monoisotopic (exact) mass is 262 g/mol. The van der Waals surface area contributed by atoms with Gasteiger partial charge < -0.3 is 0 Å². The van der Waals surface area contributed by atoms with Crippen LogP contribution in [0.1, 0.15) is 27.7 Å². The molecule has 0 atom stereocenters. The maximum Gasteiger partial charge on any atom is 0.145 e. The van der Waals surface area contributed by atoms with E-state index in [4.69, 9.17) is 0 Å². The van der Waals surface area contributed by atoms with Crippen LogP contribution in [-0.2, 0) is 9.59 Å². The summed E-state index contributed by atoms with van der Waals surface area (Å²) in [5.74, 6) is 4.03. The number of hydrogen-bond acceptors (Lipinski definition) is 4. The van der Waals surface area contributed by atoms with Crippen LogP contribution in [0.2, 0.25) is 0 Å². The zero-order chi connectivity index (χ0) is 12.6. The van der Waals surface area contributed by atoms with Crippen molar-refractivity contribution in [1.29, 1.82) is 0 Å². The molecule has 94 valence electrons. The summed E-state index contributed by atoms with van der Waals surface area (Å²) in [4.78, 5) is 22.6. The minimum atomic E-state index is 0.141. The van der Waals surface area contributed by atoms with Crippen LogP contribution in [-0.4, -0.2) is 34.6 Å². The van der Waals surface area contributed by atoms with E-state index in [1.54, 1.807) is 23.5 Å². The van der Waals surface area contributed by atoms with Crippen LogP contribution in [0.3, 0.4) is 0 Å². The van der Waals surface area contributed by atoms with Crippen molar-refractivity contribution in [1.82, 2.24) is 0 Å². The molecular formula is C12H22O2S2. The zero-order valence-electron chi connectivity index (χ0n) is 10.6. The second-order valence-electron chi connectivity index (χ2n) is 4.35. The normalized spacial score (nSPS) is 11.1. The molecule has 0 aromatic carbocycles. The molecule has 0 spiro atoms. The Balaban J connectivity index is 3.35. The first kappa shape index (κ1) is 16.0. The average Bonchev–Trinajstić information content (AvgIpc) is 2.21. The Bertz CT molecular complexity index is 201. The molecule has 0 aromatic heterocycles. The number of rotatable bonds is 9. The van der Waals surface area contributed by atoms with Gasteiger partial charge in [-0.25, -0.2) is 0 Å². The Morgan fingerprint density at radius 2 is 1.12 bits per heavy atom. The summed E-state index contributed by atoms with van der Waals surface area (Å²) in [6.45, 7) is 7.72. The summed E-state index contributed by atoms with van der Waals surface area (Å²) in [6.07, 6.45) is 0. The van der Waals surface area contributed by atoms with Crippen molar-refractivity contribution < 1.29 is 9.59 Å². The summed E-state index contributed by atoms with van der Waals surface area (Å²) in [7, 11) is 0. The fourth-order valence-corrected chi connectivity index (χ4v) is 3.10. The highest BCUT2D eigenvalue weighted by Gasteiger charge is 2.08. The standard InChI is InChI=1S/C12H22O2S2/c1-9(2)11(13)7-15-5-6-16-8-12(14)10(3)4/h9-10H,5-8H2,1-4H3. The Morgan fingerprint density at radius 1 is 0.812 bits per heavy atom. The number of carbonyl (C=O) groups excluding carboxylic acids is 2. The highest BCUT2D eigenvalue weighted by Crippen LogP contribution is 2.11. The maximum absolute atomic E-state index is 11.3. The van der Waals surface area contributed by atoms with Gasteiger partial charge in [0.25, 0.3) is 0 Å². The van der Waals surface area contributed by atoms with Crippen molar-refractivity contribution in [3.63, 3.8) is 0 Å². The molecule has 0 fully saturated rings. The Morgan fingerprint density at radius 3 is 1.38 bits per heavy atom. The van der Waals surface area contributed by atoms with E-state index in [0.717, 1.165) is 11.5 Å². The van der Waals surface area contributed by atoms with Gasteiger partial charge in [0.15, 0.2) is 0 Å². The van der Waals surface area contributed by atoms with Crippen molar-refractivity contribution in [2.75, 3.05) is 23.0 Å². The van der Waals surface area contributed by atoms with Gasteiger partial charge in [0, 0.05) is 23.3 Å². The van der Waals surface area contributed by atoms with Crippen molar-refractivity contribution in [3.8, 4) is 0 Å². The van der Waals surface area contributed by atoms with Crippen LogP contribution in [0.4, 0.5) is 0 Å². The molecule has 0 saturated carbocycles. The summed E-state index contributed by atoms with van der Waals surface area (Å²) in [5, 5.41) is 0. The molecule has 0 unspecified atom stereocenters. The second kappa shape index (κ2) is 9.11. The topological polar surface area (TPSA) is 34.1 Å². The van der Waals surface area contributed by atoms with Gasteiger partial charge in [0.1, 0.15) is 11.6 Å². The van der Waals surface area contributed by atoms with Crippen LogP contribution in [0.5, 0.6) is 0 Å². The van der Waals surface area contributed by atoms with Gasteiger partial charge in [-0.15, -0.1) is 0 Å². The predicted molar refractivity (Wildman–Crippen MR) is 74.3 cm³/mol. The van der Waals surface area contributed by atoms with E-state index >= 15 is 0 Å². The van der Waals surface area contributed by atoms with Gasteiger partial charge in [0.2, 0.25) is 0 Å². The molecule has 0 aromatic rings. The minimum Gasteiger partial charge on any atom is -0.298 e. The van der Waals surface area contributed by atoms with Crippen LogP contribution < -0.4 is 0 Å². The SMILES string of the molecule is CC(C)C(=O)CSCCSCC(=O)C(C)C. The molecule has 0 heterocycles. The fraction of sp³-hybridized carbons (Fsp3) is 0.833. The Kier molecular flexibility index (Phi) is 9.13. The van der Waals surface area contributed by atoms with E-state index in [1.807, 2.05) is 27.7 Å². The molecule has 0 aliphatic heterocycles. The molecule has 0 rings (SSSR count). The van der Waals surface area contributed by atoms with E-state index in [9.17, 15) is 9.59 Å². The molecule has 0 amide bonds. The number of ketones is 2. The van der Waals surface area contributed by atoms with Gasteiger partial charge in [-0.2, -0.15) is 23.5 Å². The lowest BCUT2D eigenvalue weighted by atomic mass is 10.1. The third kappa shape index (κ3) is 8.22. The fourth-order valence-electron chi connectivity index (χ4n) is 0.797. The van der Waals surface area contributed by atoms with Crippen LogP contribution in [0.15, 0.2) is 0 Å². The first-order valence-electron chi connectivity index (χ1n) is 5.66. The molecule has 0 saturated heterocycles. The Labute approximate surface area is 107 Å². The van der Waals surface area contributed by atoms with E-state index in [0.29, 0.717) is 23.1 Å². The molecule has 2 nitrogen and oxygen atoms in total. The van der Waals surface area contributed by atoms with E-state index < -0.39 is 0 Å². The van der Waals surface area contributed by atoms with Gasteiger partial charge >= 0.3 is 0 Å². The number of thioether (sulfide) groups is 2. The molecule has 0 aliphatic rings. The lowest BCUT2D eigenvalue weighted by molar-refractivity contribution is -0.120. The van der Waals surface area contributed by atoms with Crippen molar-refractivity contribution in [2.24, 2.45) is 11.8 Å². The molecule has 16 heavy (non-hydrogen) atoms. The van der Waals surface area contributed by atoms with Crippen molar-refractivity contribution in [2.45, 2.75) is 27.7 Å². The summed E-state index contributed by atoms with van der Waals surface area (Å²) in [5.41, 5.74) is 0. The van der Waals surface area contributed by atoms with Gasteiger partial charge in [-0.1, -0.05) is 27.7 Å². The van der Waals surface area contributed by atoms with E-state index in [2.05, 4.69) is 0 Å². The smallest absolute Gasteiger partial charge is 0.145 e. The maximum atomic E-state index is 11.3. The minimum absolute atomic E-state index is 0.141. The Hall–Kier alpha value is 0.0400. The number of carbonyl (C=O) groups is 2. The molecular weight excluding hydrogens is 240 g/mol. The van der Waals surface area contributed by atoms with E-state index in [1.165, 1.54) is 0 Å². The zero-order valence-corrected chi connectivity index (χ0v) is 12.2. The molecule has 0 bridgehead atoms. The van der Waals surface area contributed by atoms with Gasteiger partial charge in [-0.05, 0) is 0 Å². The number of hydrogen-bond donors (Lipinski definition) is 0. The van der Waals surface area contributed by atoms with Crippen molar-refractivity contribution in [3.05, 3.63) is 0 Å². The third-order valence-electron chi connectivity index (χ3n) is 2.15. The second-order valence-corrected chi connectivity index (χ2v) is 6.56.